The minimum atomic E-state index is -0.527. The summed E-state index contributed by atoms with van der Waals surface area (Å²) in [5, 5.41) is 0. The molecule has 1 amide bonds. The molecule has 5 nitrogen and oxygen atoms in total. The van der Waals surface area contributed by atoms with Crippen molar-refractivity contribution in [3.05, 3.63) is 47.9 Å². The highest BCUT2D eigenvalue weighted by molar-refractivity contribution is 6.00. The maximum atomic E-state index is 11.2. The number of para-hydroxylation sites is 1. The van der Waals surface area contributed by atoms with Crippen molar-refractivity contribution in [1.29, 1.82) is 0 Å². The molecule has 0 spiro atoms. The zero-order chi connectivity index (χ0) is 13.1. The van der Waals surface area contributed by atoms with Crippen LogP contribution in [0.1, 0.15) is 16.1 Å². The topological polar surface area (TPSA) is 85.5 Å². The Balaban J connectivity index is 2.27. The molecule has 0 atom stereocenters. The summed E-state index contributed by atoms with van der Waals surface area (Å²) in [5.41, 5.74) is 12.7. The number of hydrogen-bond acceptors (Lipinski definition) is 4. The molecule has 1 heterocycles. The smallest absolute Gasteiger partial charge is 0.250 e. The summed E-state index contributed by atoms with van der Waals surface area (Å²) in [5.74, 6) is 0.294. The second-order valence-corrected chi connectivity index (χ2v) is 4.04. The van der Waals surface area contributed by atoms with Crippen molar-refractivity contribution in [3.63, 3.8) is 0 Å². The van der Waals surface area contributed by atoms with Crippen LogP contribution in [0.15, 0.2) is 41.0 Å². The lowest BCUT2D eigenvalue weighted by Crippen LogP contribution is -2.20. The first-order chi connectivity index (χ1) is 8.59. The van der Waals surface area contributed by atoms with E-state index in [4.69, 9.17) is 15.9 Å². The molecule has 1 aromatic carbocycles. The highest BCUT2D eigenvalue weighted by Crippen LogP contribution is 2.26. The van der Waals surface area contributed by atoms with E-state index in [0.29, 0.717) is 17.8 Å². The SMILES string of the molecule is CN(Cc1ccco1)c1cccc(C(N)=O)c1N. The highest BCUT2D eigenvalue weighted by atomic mass is 16.3. The zero-order valence-corrected chi connectivity index (χ0v) is 10.1. The standard InChI is InChI=1S/C13H15N3O2/c1-16(8-9-4-3-7-18-9)11-6-2-5-10(12(11)14)13(15)17/h2-7H,8,14H2,1H3,(H2,15,17). The quantitative estimate of drug-likeness (QED) is 0.801. The number of nitrogen functional groups attached to an aromatic ring is 1. The summed E-state index contributed by atoms with van der Waals surface area (Å²) < 4.78 is 5.27. The van der Waals surface area contributed by atoms with Crippen molar-refractivity contribution < 1.29 is 9.21 Å². The molecule has 0 aliphatic rings. The van der Waals surface area contributed by atoms with Gasteiger partial charge in [0.25, 0.3) is 5.91 Å². The molecule has 5 heteroatoms. The van der Waals surface area contributed by atoms with Gasteiger partial charge in [-0.3, -0.25) is 4.79 Å². The van der Waals surface area contributed by atoms with Gasteiger partial charge in [0.1, 0.15) is 5.76 Å². The number of amides is 1. The van der Waals surface area contributed by atoms with Crippen LogP contribution >= 0.6 is 0 Å². The number of nitrogens with zero attached hydrogens (tertiary/aromatic N) is 1. The summed E-state index contributed by atoms with van der Waals surface area (Å²) in [4.78, 5) is 13.1. The summed E-state index contributed by atoms with van der Waals surface area (Å²) >= 11 is 0. The Morgan fingerprint density at radius 1 is 1.33 bits per heavy atom. The molecule has 18 heavy (non-hydrogen) atoms. The van der Waals surface area contributed by atoms with Crippen LogP contribution in [0.5, 0.6) is 0 Å². The number of anilines is 2. The molecular formula is C13H15N3O2. The van der Waals surface area contributed by atoms with Gasteiger partial charge in [-0.25, -0.2) is 0 Å². The van der Waals surface area contributed by atoms with E-state index in [1.165, 1.54) is 0 Å². The summed E-state index contributed by atoms with van der Waals surface area (Å²) in [6.07, 6.45) is 1.62. The maximum Gasteiger partial charge on any atom is 0.250 e. The third-order valence-electron chi connectivity index (χ3n) is 2.73. The molecule has 0 saturated heterocycles. The van der Waals surface area contributed by atoms with Gasteiger partial charge < -0.3 is 20.8 Å². The Kier molecular flexibility index (Phi) is 3.23. The largest absolute Gasteiger partial charge is 0.467 e. The molecule has 2 aromatic rings. The lowest BCUT2D eigenvalue weighted by molar-refractivity contribution is 0.100. The average Bonchev–Trinajstić information content (AvgIpc) is 2.81. The predicted molar refractivity (Wildman–Crippen MR) is 70.2 cm³/mol. The molecule has 4 N–H and O–H groups in total. The summed E-state index contributed by atoms with van der Waals surface area (Å²) in [6, 6.07) is 8.91. The van der Waals surface area contributed by atoms with E-state index in [0.717, 1.165) is 11.4 Å². The number of benzene rings is 1. The lowest BCUT2D eigenvalue weighted by atomic mass is 10.1. The fraction of sp³-hybridized carbons (Fsp3) is 0.154. The molecule has 0 unspecified atom stereocenters. The Morgan fingerprint density at radius 2 is 2.11 bits per heavy atom. The molecule has 0 radical (unpaired) electrons. The minimum absolute atomic E-state index is 0.332. The van der Waals surface area contributed by atoms with Crippen LogP contribution in [0.3, 0.4) is 0 Å². The number of primary amides is 1. The van der Waals surface area contributed by atoms with Gasteiger partial charge in [-0.05, 0) is 24.3 Å². The Bertz CT molecular complexity index is 549. The first kappa shape index (κ1) is 12.0. The van der Waals surface area contributed by atoms with Gasteiger partial charge in [-0.1, -0.05) is 6.07 Å². The first-order valence-corrected chi connectivity index (χ1v) is 5.51. The van der Waals surface area contributed by atoms with Gasteiger partial charge in [0, 0.05) is 7.05 Å². The molecule has 2 rings (SSSR count). The zero-order valence-electron chi connectivity index (χ0n) is 10.1. The van der Waals surface area contributed by atoms with Gasteiger partial charge in [0.15, 0.2) is 0 Å². The van der Waals surface area contributed by atoms with Gasteiger partial charge in [0.05, 0.1) is 29.7 Å². The monoisotopic (exact) mass is 245 g/mol. The van der Waals surface area contributed by atoms with Crippen LogP contribution < -0.4 is 16.4 Å². The Labute approximate surface area is 105 Å². The molecule has 0 saturated carbocycles. The highest BCUT2D eigenvalue weighted by Gasteiger charge is 2.13. The van der Waals surface area contributed by atoms with Crippen molar-refractivity contribution in [2.24, 2.45) is 5.73 Å². The Hall–Kier alpha value is -2.43. The van der Waals surface area contributed by atoms with Crippen molar-refractivity contribution in [2.75, 3.05) is 17.7 Å². The van der Waals surface area contributed by atoms with Crippen LogP contribution in [0.2, 0.25) is 0 Å². The minimum Gasteiger partial charge on any atom is -0.467 e. The number of rotatable bonds is 4. The normalized spacial score (nSPS) is 10.3. The van der Waals surface area contributed by atoms with Gasteiger partial charge in [-0.2, -0.15) is 0 Å². The number of carbonyl (C=O) groups excluding carboxylic acids is 1. The van der Waals surface area contributed by atoms with Crippen molar-refractivity contribution >= 4 is 17.3 Å². The van der Waals surface area contributed by atoms with E-state index in [2.05, 4.69) is 0 Å². The van der Waals surface area contributed by atoms with Crippen molar-refractivity contribution in [1.82, 2.24) is 0 Å². The van der Waals surface area contributed by atoms with Crippen LogP contribution in [-0.2, 0) is 6.54 Å². The molecule has 0 aliphatic heterocycles. The third kappa shape index (κ3) is 2.29. The third-order valence-corrected chi connectivity index (χ3v) is 2.73. The van der Waals surface area contributed by atoms with Crippen molar-refractivity contribution in [2.45, 2.75) is 6.54 Å². The van der Waals surface area contributed by atoms with E-state index in [1.807, 2.05) is 30.1 Å². The maximum absolute atomic E-state index is 11.2. The molecule has 0 aliphatic carbocycles. The molecule has 0 bridgehead atoms. The molecular weight excluding hydrogens is 230 g/mol. The van der Waals surface area contributed by atoms with Crippen LogP contribution in [0.4, 0.5) is 11.4 Å². The van der Waals surface area contributed by atoms with E-state index >= 15 is 0 Å². The first-order valence-electron chi connectivity index (χ1n) is 5.51. The number of carbonyl (C=O) groups is 1. The fourth-order valence-corrected chi connectivity index (χ4v) is 1.82. The molecule has 0 fully saturated rings. The van der Waals surface area contributed by atoms with E-state index in [-0.39, 0.29) is 0 Å². The van der Waals surface area contributed by atoms with Gasteiger partial charge >= 0.3 is 0 Å². The predicted octanol–water partition coefficient (Wildman–Crippen LogP) is 1.60. The second-order valence-electron chi connectivity index (χ2n) is 4.04. The average molecular weight is 245 g/mol. The van der Waals surface area contributed by atoms with Gasteiger partial charge in [0.2, 0.25) is 0 Å². The lowest BCUT2D eigenvalue weighted by Gasteiger charge is -2.20. The van der Waals surface area contributed by atoms with Crippen LogP contribution in [0, 0.1) is 0 Å². The van der Waals surface area contributed by atoms with Crippen LogP contribution in [0.25, 0.3) is 0 Å². The van der Waals surface area contributed by atoms with Crippen LogP contribution in [-0.4, -0.2) is 13.0 Å². The summed E-state index contributed by atoms with van der Waals surface area (Å²) in [7, 11) is 1.87. The fourth-order valence-electron chi connectivity index (χ4n) is 1.82. The number of nitrogens with two attached hydrogens (primary N) is 2. The number of furan rings is 1. The van der Waals surface area contributed by atoms with E-state index in [9.17, 15) is 4.79 Å². The molecule has 1 aromatic heterocycles. The number of hydrogen-bond donors (Lipinski definition) is 2. The van der Waals surface area contributed by atoms with Crippen molar-refractivity contribution in [3.8, 4) is 0 Å². The second kappa shape index (κ2) is 4.83. The molecule has 94 valence electrons. The van der Waals surface area contributed by atoms with E-state index < -0.39 is 5.91 Å². The summed E-state index contributed by atoms with van der Waals surface area (Å²) in [6.45, 7) is 0.569. The van der Waals surface area contributed by atoms with E-state index in [1.54, 1.807) is 18.4 Å². The Morgan fingerprint density at radius 3 is 2.72 bits per heavy atom. The van der Waals surface area contributed by atoms with Gasteiger partial charge in [-0.15, -0.1) is 0 Å².